The molecular weight excluding hydrogens is 360 g/mol. The van der Waals surface area contributed by atoms with Gasteiger partial charge in [-0.1, -0.05) is 0 Å². The predicted molar refractivity (Wildman–Crippen MR) is 110 cm³/mol. The van der Waals surface area contributed by atoms with Gasteiger partial charge >= 0.3 is 5.97 Å². The van der Waals surface area contributed by atoms with Crippen molar-refractivity contribution in [2.45, 2.75) is 44.7 Å². The van der Waals surface area contributed by atoms with Crippen LogP contribution in [0.1, 0.15) is 43.0 Å². The maximum absolute atomic E-state index is 12.1. The molecule has 0 saturated heterocycles. The summed E-state index contributed by atoms with van der Waals surface area (Å²) >= 11 is 1.62. The molecule has 6 nitrogen and oxygen atoms in total. The SMILES string of the molecule is CCOC(=O)c1ccc2sc3ncnc(NC4CCC(NC)CC4)c3c2c1. The number of ether oxygens (including phenoxy) is 1. The van der Waals surface area contributed by atoms with Crippen LogP contribution >= 0.6 is 11.3 Å². The van der Waals surface area contributed by atoms with Gasteiger partial charge in [-0.15, -0.1) is 11.3 Å². The van der Waals surface area contributed by atoms with Crippen molar-refractivity contribution in [3.63, 3.8) is 0 Å². The molecule has 2 aromatic heterocycles. The fourth-order valence-electron chi connectivity index (χ4n) is 3.78. The van der Waals surface area contributed by atoms with Crippen molar-refractivity contribution in [1.29, 1.82) is 0 Å². The van der Waals surface area contributed by atoms with Crippen LogP contribution in [0, 0.1) is 0 Å². The Morgan fingerprint density at radius 3 is 2.74 bits per heavy atom. The van der Waals surface area contributed by atoms with Crippen molar-refractivity contribution in [1.82, 2.24) is 15.3 Å². The molecule has 7 heteroatoms. The summed E-state index contributed by atoms with van der Waals surface area (Å²) in [6.45, 7) is 2.18. The number of benzene rings is 1. The molecule has 1 aliphatic rings. The Bertz CT molecular complexity index is 963. The van der Waals surface area contributed by atoms with Gasteiger partial charge in [-0.25, -0.2) is 14.8 Å². The minimum absolute atomic E-state index is 0.296. The zero-order valence-electron chi connectivity index (χ0n) is 15.6. The summed E-state index contributed by atoms with van der Waals surface area (Å²) in [5.74, 6) is 0.565. The van der Waals surface area contributed by atoms with Gasteiger partial charge in [-0.2, -0.15) is 0 Å². The highest BCUT2D eigenvalue weighted by atomic mass is 32.1. The van der Waals surface area contributed by atoms with Crippen LogP contribution in [0.15, 0.2) is 24.5 Å². The topological polar surface area (TPSA) is 76.1 Å². The molecule has 1 fully saturated rings. The third kappa shape index (κ3) is 3.61. The van der Waals surface area contributed by atoms with Crippen LogP contribution in [0.25, 0.3) is 20.3 Å². The number of hydrogen-bond donors (Lipinski definition) is 2. The molecule has 3 aromatic rings. The number of carbonyl (C=O) groups is 1. The highest BCUT2D eigenvalue weighted by Gasteiger charge is 2.22. The third-order valence-corrected chi connectivity index (χ3v) is 6.33. The Morgan fingerprint density at radius 2 is 2.00 bits per heavy atom. The van der Waals surface area contributed by atoms with E-state index in [2.05, 4.69) is 20.6 Å². The number of rotatable bonds is 5. The smallest absolute Gasteiger partial charge is 0.338 e. The Labute approximate surface area is 162 Å². The first-order valence-corrected chi connectivity index (χ1v) is 10.3. The molecule has 0 unspecified atom stereocenters. The summed E-state index contributed by atoms with van der Waals surface area (Å²) in [4.78, 5) is 22.0. The summed E-state index contributed by atoms with van der Waals surface area (Å²) in [5.41, 5.74) is 0.563. The molecule has 0 spiro atoms. The second-order valence-corrected chi connectivity index (χ2v) is 7.95. The lowest BCUT2D eigenvalue weighted by molar-refractivity contribution is 0.0526. The lowest BCUT2D eigenvalue weighted by Gasteiger charge is -2.29. The Kier molecular flexibility index (Phi) is 5.22. The van der Waals surface area contributed by atoms with Gasteiger partial charge in [0.2, 0.25) is 0 Å². The van der Waals surface area contributed by atoms with Gasteiger partial charge in [0.05, 0.1) is 17.6 Å². The third-order valence-electron chi connectivity index (χ3n) is 5.26. The Morgan fingerprint density at radius 1 is 1.22 bits per heavy atom. The maximum Gasteiger partial charge on any atom is 0.338 e. The van der Waals surface area contributed by atoms with Crippen molar-refractivity contribution >= 4 is 43.4 Å². The van der Waals surface area contributed by atoms with Crippen LogP contribution < -0.4 is 10.6 Å². The van der Waals surface area contributed by atoms with E-state index in [1.807, 2.05) is 32.2 Å². The van der Waals surface area contributed by atoms with E-state index in [1.165, 1.54) is 12.8 Å². The molecule has 0 aliphatic heterocycles. The van der Waals surface area contributed by atoms with E-state index in [0.29, 0.717) is 24.3 Å². The van der Waals surface area contributed by atoms with Crippen LogP contribution in [0.5, 0.6) is 0 Å². The quantitative estimate of drug-likeness (QED) is 0.649. The number of esters is 1. The van der Waals surface area contributed by atoms with Crippen molar-refractivity contribution in [2.75, 3.05) is 19.0 Å². The normalized spacial score (nSPS) is 20.1. The first-order valence-electron chi connectivity index (χ1n) is 9.47. The summed E-state index contributed by atoms with van der Waals surface area (Å²) in [5, 5.41) is 9.01. The molecular formula is C20H24N4O2S. The molecule has 0 radical (unpaired) electrons. The van der Waals surface area contributed by atoms with E-state index in [9.17, 15) is 4.79 Å². The second-order valence-electron chi connectivity index (χ2n) is 6.92. The number of nitrogens with one attached hydrogen (secondary N) is 2. The van der Waals surface area contributed by atoms with Crippen molar-refractivity contribution in [3.8, 4) is 0 Å². The zero-order chi connectivity index (χ0) is 18.8. The minimum Gasteiger partial charge on any atom is -0.462 e. The maximum atomic E-state index is 12.1. The summed E-state index contributed by atoms with van der Waals surface area (Å²) in [6, 6.07) is 6.71. The predicted octanol–water partition coefficient (Wildman–Crippen LogP) is 3.96. The van der Waals surface area contributed by atoms with Gasteiger partial charge in [-0.05, 0) is 57.9 Å². The number of anilines is 1. The molecule has 0 bridgehead atoms. The van der Waals surface area contributed by atoms with Crippen LogP contribution in [0.4, 0.5) is 5.82 Å². The van der Waals surface area contributed by atoms with E-state index in [4.69, 9.17) is 4.74 Å². The molecule has 27 heavy (non-hydrogen) atoms. The molecule has 2 heterocycles. The number of thiophene rings is 1. The Hall–Kier alpha value is -2.25. The lowest BCUT2D eigenvalue weighted by Crippen LogP contribution is -2.35. The molecule has 1 aliphatic carbocycles. The molecule has 4 rings (SSSR count). The van der Waals surface area contributed by atoms with Crippen molar-refractivity contribution in [2.24, 2.45) is 0 Å². The van der Waals surface area contributed by atoms with Gasteiger partial charge < -0.3 is 15.4 Å². The average Bonchev–Trinajstić information content (AvgIpc) is 3.07. The Balaban J connectivity index is 1.69. The number of carbonyl (C=O) groups excluding carboxylic acids is 1. The van der Waals surface area contributed by atoms with E-state index < -0.39 is 0 Å². The van der Waals surface area contributed by atoms with E-state index in [0.717, 1.165) is 39.0 Å². The van der Waals surface area contributed by atoms with Gasteiger partial charge in [0.15, 0.2) is 0 Å². The number of fused-ring (bicyclic) bond motifs is 3. The standard InChI is InChI=1S/C20H24N4O2S/c1-3-26-20(25)12-4-9-16-15(10-12)17-18(22-11-23-19(17)27-16)24-14-7-5-13(21-2)6-8-14/h4,9-11,13-14,21H,3,5-8H2,1-2H3,(H,22,23,24). The van der Waals surface area contributed by atoms with E-state index in [-0.39, 0.29) is 5.97 Å². The van der Waals surface area contributed by atoms with Crippen LogP contribution in [-0.2, 0) is 4.74 Å². The van der Waals surface area contributed by atoms with Crippen molar-refractivity contribution in [3.05, 3.63) is 30.1 Å². The van der Waals surface area contributed by atoms with Crippen LogP contribution in [0.3, 0.4) is 0 Å². The molecule has 1 saturated carbocycles. The van der Waals surface area contributed by atoms with Gasteiger partial charge in [0.25, 0.3) is 0 Å². The van der Waals surface area contributed by atoms with Gasteiger partial charge in [0.1, 0.15) is 17.0 Å². The highest BCUT2D eigenvalue weighted by Crippen LogP contribution is 2.37. The lowest BCUT2D eigenvalue weighted by atomic mass is 9.91. The molecule has 1 aromatic carbocycles. The molecule has 0 atom stereocenters. The fourth-order valence-corrected chi connectivity index (χ4v) is 4.80. The van der Waals surface area contributed by atoms with Crippen molar-refractivity contribution < 1.29 is 9.53 Å². The largest absolute Gasteiger partial charge is 0.462 e. The summed E-state index contributed by atoms with van der Waals surface area (Å²) in [6.07, 6.45) is 6.19. The number of nitrogens with zero attached hydrogens (tertiary/aromatic N) is 2. The van der Waals surface area contributed by atoms with Crippen LogP contribution in [-0.4, -0.2) is 41.7 Å². The second kappa shape index (κ2) is 7.78. The minimum atomic E-state index is -0.296. The van der Waals surface area contributed by atoms with Crippen LogP contribution in [0.2, 0.25) is 0 Å². The molecule has 142 valence electrons. The van der Waals surface area contributed by atoms with Gasteiger partial charge in [0, 0.05) is 22.2 Å². The van der Waals surface area contributed by atoms with E-state index >= 15 is 0 Å². The van der Waals surface area contributed by atoms with Gasteiger partial charge in [-0.3, -0.25) is 0 Å². The first-order chi connectivity index (χ1) is 13.2. The summed E-state index contributed by atoms with van der Waals surface area (Å²) < 4.78 is 6.25. The average molecular weight is 385 g/mol. The fraction of sp³-hybridized carbons (Fsp3) is 0.450. The molecule has 0 amide bonds. The number of aromatic nitrogens is 2. The monoisotopic (exact) mass is 384 g/mol. The highest BCUT2D eigenvalue weighted by molar-refractivity contribution is 7.25. The zero-order valence-corrected chi connectivity index (χ0v) is 16.4. The van der Waals surface area contributed by atoms with E-state index in [1.54, 1.807) is 17.7 Å². The number of hydrogen-bond acceptors (Lipinski definition) is 7. The summed E-state index contributed by atoms with van der Waals surface area (Å²) in [7, 11) is 2.03. The first kappa shape index (κ1) is 18.1. The molecule has 2 N–H and O–H groups in total.